The van der Waals surface area contributed by atoms with E-state index >= 15 is 0 Å². The molecule has 0 saturated carbocycles. The lowest BCUT2D eigenvalue weighted by atomic mass is 9.86. The summed E-state index contributed by atoms with van der Waals surface area (Å²) in [4.78, 5) is 0. The second-order valence-corrected chi connectivity index (χ2v) is 5.90. The van der Waals surface area contributed by atoms with E-state index in [-0.39, 0.29) is 11.5 Å². The maximum atomic E-state index is 10.0. The molecule has 0 saturated heterocycles. The highest BCUT2D eigenvalue weighted by Gasteiger charge is 2.21. The number of aliphatic hydroxyl groups excluding tert-OH is 1. The van der Waals surface area contributed by atoms with Crippen molar-refractivity contribution in [2.24, 2.45) is 5.41 Å². The molecule has 3 nitrogen and oxygen atoms in total. The fourth-order valence-electron chi connectivity index (χ4n) is 1.98. The van der Waals surface area contributed by atoms with Crippen molar-refractivity contribution in [2.75, 3.05) is 13.2 Å². The van der Waals surface area contributed by atoms with Crippen molar-refractivity contribution in [2.45, 2.75) is 39.7 Å². The summed E-state index contributed by atoms with van der Waals surface area (Å²) >= 11 is 0. The van der Waals surface area contributed by atoms with Gasteiger partial charge in [0.25, 0.3) is 0 Å². The lowest BCUT2D eigenvalue weighted by Crippen LogP contribution is -2.26. The fourth-order valence-corrected chi connectivity index (χ4v) is 1.98. The summed E-state index contributed by atoms with van der Waals surface area (Å²) in [6.07, 6.45) is 1.34. The maximum absolute atomic E-state index is 10.0. The normalized spacial score (nSPS) is 16.4. The summed E-state index contributed by atoms with van der Waals surface area (Å²) in [7, 11) is 0. The zero-order valence-electron chi connectivity index (χ0n) is 11.4. The van der Waals surface area contributed by atoms with Gasteiger partial charge in [-0.2, -0.15) is 0 Å². The molecule has 3 heteroatoms. The summed E-state index contributed by atoms with van der Waals surface area (Å²) < 4.78 is 11.0. The molecule has 1 aromatic carbocycles. The Kier molecular flexibility index (Phi) is 3.81. The van der Waals surface area contributed by atoms with Crippen LogP contribution in [0, 0.1) is 5.41 Å². The quantitative estimate of drug-likeness (QED) is 0.896. The molecule has 1 aliphatic rings. The van der Waals surface area contributed by atoms with Gasteiger partial charge in [-0.1, -0.05) is 26.8 Å². The van der Waals surface area contributed by atoms with E-state index in [0.29, 0.717) is 13.2 Å². The molecule has 0 spiro atoms. The smallest absolute Gasteiger partial charge is 0.161 e. The van der Waals surface area contributed by atoms with Gasteiger partial charge in [-0.25, -0.2) is 0 Å². The van der Waals surface area contributed by atoms with Gasteiger partial charge >= 0.3 is 0 Å². The predicted molar refractivity (Wildman–Crippen MR) is 71.2 cm³/mol. The van der Waals surface area contributed by atoms with E-state index in [4.69, 9.17) is 9.47 Å². The van der Waals surface area contributed by atoms with E-state index in [9.17, 15) is 5.11 Å². The Morgan fingerprint density at radius 3 is 2.50 bits per heavy atom. The molecular formula is C15H22O3. The van der Waals surface area contributed by atoms with Crippen LogP contribution in [0.15, 0.2) is 18.2 Å². The van der Waals surface area contributed by atoms with Gasteiger partial charge in [0.05, 0.1) is 6.10 Å². The van der Waals surface area contributed by atoms with E-state index in [1.54, 1.807) is 0 Å². The largest absolute Gasteiger partial charge is 0.486 e. The van der Waals surface area contributed by atoms with Crippen LogP contribution in [0.1, 0.15) is 32.8 Å². The Balaban J connectivity index is 1.98. The van der Waals surface area contributed by atoms with Crippen molar-refractivity contribution in [3.8, 4) is 11.5 Å². The van der Waals surface area contributed by atoms with Gasteiger partial charge < -0.3 is 14.6 Å². The standard InChI is InChI=1S/C15H22O3/c1-15(2,3)14(16)7-5-11-4-6-12-13(10-11)18-9-8-17-12/h4,6,10,14,16H,5,7-9H2,1-3H3. The summed E-state index contributed by atoms with van der Waals surface area (Å²) in [6, 6.07) is 6.01. The number of hydrogen-bond acceptors (Lipinski definition) is 3. The number of fused-ring (bicyclic) bond motifs is 1. The van der Waals surface area contributed by atoms with Crippen molar-refractivity contribution in [3.63, 3.8) is 0 Å². The number of aliphatic hydroxyl groups is 1. The highest BCUT2D eigenvalue weighted by atomic mass is 16.6. The van der Waals surface area contributed by atoms with Gasteiger partial charge in [-0.15, -0.1) is 0 Å². The number of rotatable bonds is 3. The minimum Gasteiger partial charge on any atom is -0.486 e. The molecule has 0 bridgehead atoms. The minimum absolute atomic E-state index is 0.0617. The first-order chi connectivity index (χ1) is 8.47. The molecule has 0 aliphatic carbocycles. The van der Waals surface area contributed by atoms with Crippen molar-refractivity contribution in [1.29, 1.82) is 0 Å². The molecular weight excluding hydrogens is 228 g/mol. The lowest BCUT2D eigenvalue weighted by Gasteiger charge is -2.26. The van der Waals surface area contributed by atoms with Crippen molar-refractivity contribution in [3.05, 3.63) is 23.8 Å². The van der Waals surface area contributed by atoms with Gasteiger partial charge in [0.15, 0.2) is 11.5 Å². The van der Waals surface area contributed by atoms with Crippen LogP contribution in [0.25, 0.3) is 0 Å². The molecule has 100 valence electrons. The van der Waals surface area contributed by atoms with Gasteiger partial charge in [-0.05, 0) is 36.0 Å². The van der Waals surface area contributed by atoms with Crippen LogP contribution in [-0.4, -0.2) is 24.4 Å². The Hall–Kier alpha value is -1.22. The Morgan fingerprint density at radius 2 is 1.83 bits per heavy atom. The van der Waals surface area contributed by atoms with E-state index in [1.165, 1.54) is 5.56 Å². The fraction of sp³-hybridized carbons (Fsp3) is 0.600. The molecule has 1 heterocycles. The second kappa shape index (κ2) is 5.19. The van der Waals surface area contributed by atoms with Crippen molar-refractivity contribution < 1.29 is 14.6 Å². The minimum atomic E-state index is -0.286. The molecule has 1 unspecified atom stereocenters. The molecule has 0 radical (unpaired) electrons. The first kappa shape index (κ1) is 13.2. The second-order valence-electron chi connectivity index (χ2n) is 5.90. The first-order valence-electron chi connectivity index (χ1n) is 6.53. The van der Waals surface area contributed by atoms with E-state index in [1.807, 2.05) is 18.2 Å². The average Bonchev–Trinajstić information content (AvgIpc) is 2.34. The highest BCUT2D eigenvalue weighted by molar-refractivity contribution is 5.43. The topological polar surface area (TPSA) is 38.7 Å². The summed E-state index contributed by atoms with van der Waals surface area (Å²) in [5.41, 5.74) is 1.12. The van der Waals surface area contributed by atoms with Gasteiger partial charge in [0.2, 0.25) is 0 Å². The first-order valence-corrected chi connectivity index (χ1v) is 6.53. The molecule has 0 fully saturated rings. The van der Waals surface area contributed by atoms with Crippen LogP contribution < -0.4 is 9.47 Å². The van der Waals surface area contributed by atoms with Crippen LogP contribution in [0.2, 0.25) is 0 Å². The molecule has 0 amide bonds. The zero-order chi connectivity index (χ0) is 13.2. The SMILES string of the molecule is CC(C)(C)C(O)CCc1ccc2c(c1)OCCO2. The number of benzene rings is 1. The van der Waals surface area contributed by atoms with E-state index in [0.717, 1.165) is 24.3 Å². The molecule has 1 N–H and O–H groups in total. The monoisotopic (exact) mass is 250 g/mol. The Bertz CT molecular complexity index is 407. The Labute approximate surface area is 109 Å². The summed E-state index contributed by atoms with van der Waals surface area (Å²) in [5, 5.41) is 10.0. The number of hydrogen-bond donors (Lipinski definition) is 1. The van der Waals surface area contributed by atoms with Gasteiger partial charge in [-0.3, -0.25) is 0 Å². The predicted octanol–water partition coefficient (Wildman–Crippen LogP) is 2.80. The molecule has 18 heavy (non-hydrogen) atoms. The van der Waals surface area contributed by atoms with Crippen LogP contribution in [0.4, 0.5) is 0 Å². The zero-order valence-corrected chi connectivity index (χ0v) is 11.4. The van der Waals surface area contributed by atoms with Crippen LogP contribution >= 0.6 is 0 Å². The van der Waals surface area contributed by atoms with Crippen LogP contribution in [0.3, 0.4) is 0 Å². The third-order valence-corrected chi connectivity index (χ3v) is 3.31. The summed E-state index contributed by atoms with van der Waals surface area (Å²) in [5.74, 6) is 1.64. The molecule has 1 atom stereocenters. The molecule has 2 rings (SSSR count). The van der Waals surface area contributed by atoms with E-state index < -0.39 is 0 Å². The molecule has 1 aromatic rings. The van der Waals surface area contributed by atoms with E-state index in [2.05, 4.69) is 20.8 Å². The van der Waals surface area contributed by atoms with Crippen molar-refractivity contribution in [1.82, 2.24) is 0 Å². The van der Waals surface area contributed by atoms with Crippen LogP contribution in [-0.2, 0) is 6.42 Å². The Morgan fingerprint density at radius 1 is 1.17 bits per heavy atom. The average molecular weight is 250 g/mol. The molecule has 0 aromatic heterocycles. The van der Waals surface area contributed by atoms with Gasteiger partial charge in [0, 0.05) is 0 Å². The number of aryl methyl sites for hydroxylation is 1. The van der Waals surface area contributed by atoms with Gasteiger partial charge in [0.1, 0.15) is 13.2 Å². The van der Waals surface area contributed by atoms with Crippen molar-refractivity contribution >= 4 is 0 Å². The number of ether oxygens (including phenoxy) is 2. The molecule has 1 aliphatic heterocycles. The third-order valence-electron chi connectivity index (χ3n) is 3.31. The highest BCUT2D eigenvalue weighted by Crippen LogP contribution is 2.31. The summed E-state index contributed by atoms with van der Waals surface area (Å²) in [6.45, 7) is 7.40. The maximum Gasteiger partial charge on any atom is 0.161 e. The lowest BCUT2D eigenvalue weighted by molar-refractivity contribution is 0.0559. The third kappa shape index (κ3) is 3.16. The van der Waals surface area contributed by atoms with Crippen LogP contribution in [0.5, 0.6) is 11.5 Å².